The predicted octanol–water partition coefficient (Wildman–Crippen LogP) is 3.31. The van der Waals surface area contributed by atoms with E-state index in [4.69, 9.17) is 28.4 Å². The molecule has 2 bridgehead atoms. The lowest BCUT2D eigenvalue weighted by Crippen LogP contribution is -2.67. The van der Waals surface area contributed by atoms with Crippen molar-refractivity contribution >= 4 is 18.0 Å². The second kappa shape index (κ2) is 12.8. The summed E-state index contributed by atoms with van der Waals surface area (Å²) in [6, 6.07) is -1.04. The summed E-state index contributed by atoms with van der Waals surface area (Å²) in [6.45, 7) is 11.7. The van der Waals surface area contributed by atoms with E-state index >= 15 is 0 Å². The van der Waals surface area contributed by atoms with Crippen LogP contribution in [0, 0.1) is 16.7 Å². The number of ether oxygens (including phenoxy) is 6. The van der Waals surface area contributed by atoms with Crippen LogP contribution < -0.4 is 5.32 Å². The number of aliphatic hydroxyl groups is 1. The molecule has 44 heavy (non-hydrogen) atoms. The Morgan fingerprint density at radius 2 is 2.05 bits per heavy atom. The number of cyclic esters (lactones) is 1. The van der Waals surface area contributed by atoms with Crippen molar-refractivity contribution in [1.29, 1.82) is 0 Å². The maximum Gasteiger partial charge on any atom is 0.408 e. The molecule has 11 heteroatoms. The Morgan fingerprint density at radius 3 is 2.75 bits per heavy atom. The Labute approximate surface area is 258 Å². The topological polar surface area (TPSA) is 142 Å². The lowest BCUT2D eigenvalue weighted by atomic mass is 9.51. The van der Waals surface area contributed by atoms with Crippen molar-refractivity contribution in [1.82, 2.24) is 5.32 Å². The number of epoxide rings is 1. The number of hydrogen-bond acceptors (Lipinski definition) is 10. The number of amides is 1. The standard InChI is InChI=1S/C33H45NO10/c1-6-14-40-30(38)34-28-21(3)12-15-39-23(22(4)35)9-7-8-10-27(36)44-24-17-26-33(19-42-33)31(24,5)32(18-41-29(28)37)13-11-20(2)16-25(32)43-26/h6-10,16,21-26,28,35H,1,11-15,17-19H2,2-5H3,(H,34,38)/b9-7+,10-8-/t21-,22-,23-,24-,25-,26-,28+,31-,32-,33+/m1/s1. The molecule has 5 aliphatic rings. The normalized spacial score (nSPS) is 42.7. The smallest absolute Gasteiger partial charge is 0.408 e. The highest BCUT2D eigenvalue weighted by Gasteiger charge is 2.83. The molecule has 1 saturated carbocycles. The van der Waals surface area contributed by atoms with Crippen LogP contribution in [0.4, 0.5) is 4.79 Å². The van der Waals surface area contributed by atoms with Gasteiger partial charge in [0.15, 0.2) is 0 Å². The van der Waals surface area contributed by atoms with Gasteiger partial charge in [0.25, 0.3) is 0 Å². The van der Waals surface area contributed by atoms with Gasteiger partial charge in [-0.2, -0.15) is 0 Å². The van der Waals surface area contributed by atoms with Crippen molar-refractivity contribution in [2.45, 2.75) is 95.5 Å². The Bertz CT molecular complexity index is 1220. The summed E-state index contributed by atoms with van der Waals surface area (Å²) in [4.78, 5) is 39.5. The van der Waals surface area contributed by atoms with Crippen LogP contribution in [0.15, 0.2) is 48.6 Å². The highest BCUT2D eigenvalue weighted by atomic mass is 16.6. The maximum absolute atomic E-state index is 13.8. The third-order valence-electron chi connectivity index (χ3n) is 10.4. The molecule has 0 unspecified atom stereocenters. The van der Waals surface area contributed by atoms with Gasteiger partial charge in [-0.05, 0) is 39.0 Å². The molecular weight excluding hydrogens is 570 g/mol. The summed E-state index contributed by atoms with van der Waals surface area (Å²) in [5, 5.41) is 12.9. The third-order valence-corrected chi connectivity index (χ3v) is 10.4. The minimum atomic E-state index is -1.04. The van der Waals surface area contributed by atoms with Crippen molar-refractivity contribution in [2.75, 3.05) is 26.4 Å². The minimum Gasteiger partial charge on any atom is -0.463 e. The molecule has 0 aromatic rings. The van der Waals surface area contributed by atoms with Crippen LogP contribution in [0.3, 0.4) is 0 Å². The zero-order chi connectivity index (χ0) is 31.7. The van der Waals surface area contributed by atoms with Gasteiger partial charge in [-0.15, -0.1) is 0 Å². The zero-order valence-electron chi connectivity index (χ0n) is 26.0. The molecule has 2 aliphatic carbocycles. The molecule has 3 fully saturated rings. The first-order valence-corrected chi connectivity index (χ1v) is 15.5. The SMILES string of the molecule is C=CCOC(=O)N[C@@H]1C(=O)OC[C@]23CCC(C)=C[C@H]2O[C@@H]2C[C@@H](OC(=O)/C=C\C=C\[C@H]([C@@H](C)O)OCC[C@H]1C)[C@@]3(C)[C@]21CO1. The number of esters is 2. The lowest BCUT2D eigenvalue weighted by molar-refractivity contribution is -0.233. The van der Waals surface area contributed by atoms with Crippen LogP contribution in [0.5, 0.6) is 0 Å². The van der Waals surface area contributed by atoms with Gasteiger partial charge < -0.3 is 38.8 Å². The van der Waals surface area contributed by atoms with Crippen molar-refractivity contribution in [3.63, 3.8) is 0 Å². The van der Waals surface area contributed by atoms with E-state index in [0.717, 1.165) is 6.42 Å². The van der Waals surface area contributed by atoms with E-state index in [1.165, 1.54) is 17.7 Å². The Kier molecular flexibility index (Phi) is 9.42. The van der Waals surface area contributed by atoms with E-state index in [0.29, 0.717) is 25.9 Å². The first-order valence-electron chi connectivity index (χ1n) is 15.5. The molecule has 0 aromatic heterocycles. The van der Waals surface area contributed by atoms with E-state index in [-0.39, 0.29) is 32.0 Å². The van der Waals surface area contributed by atoms with E-state index < -0.39 is 64.7 Å². The van der Waals surface area contributed by atoms with Crippen molar-refractivity contribution < 1.29 is 47.9 Å². The van der Waals surface area contributed by atoms with E-state index in [1.54, 1.807) is 25.2 Å². The molecule has 3 aliphatic heterocycles. The van der Waals surface area contributed by atoms with E-state index in [9.17, 15) is 19.5 Å². The summed E-state index contributed by atoms with van der Waals surface area (Å²) in [5.74, 6) is -1.53. The Balaban J connectivity index is 1.51. The highest BCUT2D eigenvalue weighted by Crippen LogP contribution is 2.72. The number of rotatable bonds is 4. The molecule has 2 N–H and O–H groups in total. The second-order valence-corrected chi connectivity index (χ2v) is 13.0. The average Bonchev–Trinajstić information content (AvgIpc) is 3.76. The lowest BCUT2D eigenvalue weighted by Gasteiger charge is -2.58. The number of carbonyl (C=O) groups excluding carboxylic acids is 3. The average molecular weight is 616 g/mol. The van der Waals surface area contributed by atoms with Gasteiger partial charge in [0.05, 0.1) is 30.3 Å². The summed E-state index contributed by atoms with van der Waals surface area (Å²) in [6.07, 6.45) is 8.50. The van der Waals surface area contributed by atoms with E-state index in [2.05, 4.69) is 31.8 Å². The highest BCUT2D eigenvalue weighted by molar-refractivity contribution is 5.83. The summed E-state index contributed by atoms with van der Waals surface area (Å²) in [5.41, 5.74) is -0.959. The van der Waals surface area contributed by atoms with Crippen molar-refractivity contribution in [2.24, 2.45) is 16.7 Å². The molecular formula is C33H45NO10. The van der Waals surface area contributed by atoms with Gasteiger partial charge in [0.2, 0.25) is 0 Å². The second-order valence-electron chi connectivity index (χ2n) is 13.0. The van der Waals surface area contributed by atoms with Crippen LogP contribution >= 0.6 is 0 Å². The number of allylic oxidation sites excluding steroid dienone is 3. The van der Waals surface area contributed by atoms with Crippen LogP contribution in [0.25, 0.3) is 0 Å². The fourth-order valence-electron chi connectivity index (χ4n) is 7.56. The van der Waals surface area contributed by atoms with Crippen LogP contribution in [-0.4, -0.2) is 91.7 Å². The number of alkyl carbamates (subject to hydrolysis) is 1. The summed E-state index contributed by atoms with van der Waals surface area (Å²) < 4.78 is 36.1. The molecule has 2 spiro atoms. The van der Waals surface area contributed by atoms with Crippen LogP contribution in [-0.2, 0) is 38.0 Å². The number of aliphatic hydroxyl groups excluding tert-OH is 1. The fraction of sp³-hybridized carbons (Fsp3) is 0.667. The molecule has 242 valence electrons. The molecule has 3 heterocycles. The van der Waals surface area contributed by atoms with E-state index in [1.807, 2.05) is 6.92 Å². The third kappa shape index (κ3) is 5.75. The fourth-order valence-corrected chi connectivity index (χ4v) is 7.56. The molecule has 5 rings (SSSR count). The van der Waals surface area contributed by atoms with Gasteiger partial charge in [0.1, 0.15) is 37.1 Å². The molecule has 11 nitrogen and oxygen atoms in total. The summed E-state index contributed by atoms with van der Waals surface area (Å²) >= 11 is 0. The van der Waals surface area contributed by atoms with Gasteiger partial charge in [-0.1, -0.05) is 56.4 Å². The molecule has 0 aromatic carbocycles. The molecule has 0 radical (unpaired) electrons. The molecule has 1 amide bonds. The van der Waals surface area contributed by atoms with Gasteiger partial charge in [0, 0.05) is 24.5 Å². The van der Waals surface area contributed by atoms with Gasteiger partial charge in [-0.25, -0.2) is 14.4 Å². The monoisotopic (exact) mass is 615 g/mol. The van der Waals surface area contributed by atoms with Crippen molar-refractivity contribution in [3.8, 4) is 0 Å². The number of hydrogen-bond donors (Lipinski definition) is 2. The minimum absolute atomic E-state index is 0.0164. The Hall–Kier alpha value is -2.99. The number of nitrogens with one attached hydrogen (secondary N) is 1. The van der Waals surface area contributed by atoms with Crippen LogP contribution in [0.1, 0.15) is 53.4 Å². The Morgan fingerprint density at radius 1 is 1.27 bits per heavy atom. The van der Waals surface area contributed by atoms with Crippen LogP contribution in [0.2, 0.25) is 0 Å². The van der Waals surface area contributed by atoms with Gasteiger partial charge in [-0.3, -0.25) is 0 Å². The first kappa shape index (κ1) is 32.4. The maximum atomic E-state index is 13.8. The summed E-state index contributed by atoms with van der Waals surface area (Å²) in [7, 11) is 0. The zero-order valence-corrected chi connectivity index (χ0v) is 26.0. The molecule has 2 saturated heterocycles. The van der Waals surface area contributed by atoms with Crippen molar-refractivity contribution in [3.05, 3.63) is 48.6 Å². The number of carbonyl (C=O) groups is 3. The van der Waals surface area contributed by atoms with Gasteiger partial charge >= 0.3 is 18.0 Å². The predicted molar refractivity (Wildman–Crippen MR) is 158 cm³/mol. The quantitative estimate of drug-likeness (QED) is 0.209. The molecule has 10 atom stereocenters. The largest absolute Gasteiger partial charge is 0.463 e. The first-order chi connectivity index (χ1) is 21.0.